The molecule has 1 aromatic rings. The van der Waals surface area contributed by atoms with Crippen LogP contribution in [-0.2, 0) is 49.4 Å². The zero-order chi connectivity index (χ0) is 37.4. The lowest BCUT2D eigenvalue weighted by atomic mass is 9.71. The van der Waals surface area contributed by atoms with Crippen molar-refractivity contribution in [2.45, 2.75) is 115 Å². The summed E-state index contributed by atoms with van der Waals surface area (Å²) < 4.78 is 49.1. The van der Waals surface area contributed by atoms with Crippen molar-refractivity contribution >= 4 is 27.7 Å². The maximum atomic E-state index is 13.9. The van der Waals surface area contributed by atoms with Gasteiger partial charge in [0.25, 0.3) is 0 Å². The van der Waals surface area contributed by atoms with E-state index in [-0.39, 0.29) is 78.0 Å². The van der Waals surface area contributed by atoms with Gasteiger partial charge in [0.15, 0.2) is 12.1 Å². The molecule has 288 valence electrons. The van der Waals surface area contributed by atoms with Gasteiger partial charge in [0.1, 0.15) is 30.2 Å². The maximum absolute atomic E-state index is 13.9. The third kappa shape index (κ3) is 9.83. The highest BCUT2D eigenvalue weighted by molar-refractivity contribution is 9.11. The molecular weight excluding hydrogens is 732 g/mol. The number of fused-ring (bicyclic) bond motifs is 3. The monoisotopic (exact) mass is 788 g/mol. The third-order valence-corrected chi connectivity index (χ3v) is 12.3. The van der Waals surface area contributed by atoms with Gasteiger partial charge in [-0.3, -0.25) is 4.79 Å². The quantitative estimate of drug-likeness (QED) is 0.227. The molecule has 13 atom stereocenters. The van der Waals surface area contributed by atoms with Gasteiger partial charge in [0.05, 0.1) is 32.0 Å². The third-order valence-electron chi connectivity index (χ3n) is 11.4. The number of carbonyl (C=O) groups excluding carboxylic acids is 2. The van der Waals surface area contributed by atoms with Gasteiger partial charge in [0.2, 0.25) is 0 Å². The Balaban J connectivity index is 1.37. The van der Waals surface area contributed by atoms with Crippen LogP contribution in [0.5, 0.6) is 5.75 Å². The number of ether oxygens (including phenoxy) is 8. The number of hydrogen-bond donors (Lipinski definition) is 0. The number of esters is 1. The van der Waals surface area contributed by atoms with Crippen molar-refractivity contribution in [1.82, 2.24) is 0 Å². The Bertz CT molecular complexity index is 1410. The summed E-state index contributed by atoms with van der Waals surface area (Å²) in [4.78, 5) is 27.0. The zero-order valence-electron chi connectivity index (χ0n) is 31.6. The Morgan fingerprint density at radius 3 is 2.29 bits per heavy atom. The van der Waals surface area contributed by atoms with Crippen molar-refractivity contribution in [3.63, 3.8) is 0 Å². The fourth-order valence-electron chi connectivity index (χ4n) is 8.38. The molecule has 0 N–H and O–H groups in total. The molecular formula is C41H57BrO10. The lowest BCUT2D eigenvalue weighted by Gasteiger charge is -2.44. The predicted octanol–water partition coefficient (Wildman–Crippen LogP) is 7.13. The summed E-state index contributed by atoms with van der Waals surface area (Å²) in [5.74, 6) is 0.216. The van der Waals surface area contributed by atoms with Gasteiger partial charge in [-0.1, -0.05) is 60.1 Å². The Morgan fingerprint density at radius 2 is 1.62 bits per heavy atom. The van der Waals surface area contributed by atoms with E-state index in [9.17, 15) is 9.59 Å². The van der Waals surface area contributed by atoms with Gasteiger partial charge in [-0.15, -0.1) is 0 Å². The average Bonchev–Trinajstić information content (AvgIpc) is 3.57. The highest BCUT2D eigenvalue weighted by Gasteiger charge is 2.50. The molecule has 2 aliphatic carbocycles. The SMILES string of the molecule is CC[C@H]1CCC[C@H](OCc2ccc(OC)cc2)[C@@H](C)C(=O)/C=C/[C@H]2[C@@H]3CC(O[C@@H]4O[C@@H](C)[C@H](OC)[C@@H](OC)[C@H]4OC)C[C@H]3C(Br)=C[C@H]2/C=C/C(=O)O1. The second-order valence-electron chi connectivity index (χ2n) is 14.5. The summed E-state index contributed by atoms with van der Waals surface area (Å²) in [6, 6.07) is 7.77. The molecule has 2 heterocycles. The summed E-state index contributed by atoms with van der Waals surface area (Å²) >= 11 is 3.88. The maximum Gasteiger partial charge on any atom is 0.330 e. The number of hydrogen-bond acceptors (Lipinski definition) is 10. The largest absolute Gasteiger partial charge is 0.497 e. The number of halogens is 1. The Hall–Kier alpha value is -2.38. The molecule has 11 heteroatoms. The second-order valence-corrected chi connectivity index (χ2v) is 15.4. The highest BCUT2D eigenvalue weighted by atomic mass is 79.9. The molecule has 1 aromatic carbocycles. The van der Waals surface area contributed by atoms with Crippen LogP contribution in [0.15, 0.2) is 59.1 Å². The summed E-state index contributed by atoms with van der Waals surface area (Å²) in [6.45, 7) is 6.32. The number of allylic oxidation sites excluding steroid dienone is 5. The highest BCUT2D eigenvalue weighted by Crippen LogP contribution is 2.52. The van der Waals surface area contributed by atoms with Crippen LogP contribution in [0.4, 0.5) is 0 Å². The summed E-state index contributed by atoms with van der Waals surface area (Å²) in [5, 5.41) is 0. The molecule has 2 aliphatic heterocycles. The molecule has 1 unspecified atom stereocenters. The van der Waals surface area contributed by atoms with Crippen LogP contribution < -0.4 is 4.74 Å². The van der Waals surface area contributed by atoms with Crippen LogP contribution in [0.3, 0.4) is 0 Å². The Morgan fingerprint density at radius 1 is 0.885 bits per heavy atom. The molecule has 0 radical (unpaired) electrons. The summed E-state index contributed by atoms with van der Waals surface area (Å²) in [7, 11) is 6.56. The first-order valence-electron chi connectivity index (χ1n) is 18.7. The van der Waals surface area contributed by atoms with Crippen LogP contribution in [0.25, 0.3) is 0 Å². The second kappa shape index (κ2) is 19.3. The van der Waals surface area contributed by atoms with Crippen molar-refractivity contribution in [2.75, 3.05) is 28.4 Å². The number of ketones is 1. The van der Waals surface area contributed by atoms with Crippen molar-refractivity contribution in [3.8, 4) is 5.75 Å². The van der Waals surface area contributed by atoms with Crippen molar-refractivity contribution in [1.29, 1.82) is 0 Å². The minimum absolute atomic E-state index is 0.0264. The molecule has 0 spiro atoms. The van der Waals surface area contributed by atoms with Crippen molar-refractivity contribution < 1.29 is 47.5 Å². The predicted molar refractivity (Wildman–Crippen MR) is 200 cm³/mol. The van der Waals surface area contributed by atoms with Gasteiger partial charge in [-0.25, -0.2) is 4.79 Å². The van der Waals surface area contributed by atoms with Gasteiger partial charge >= 0.3 is 5.97 Å². The van der Waals surface area contributed by atoms with Gasteiger partial charge < -0.3 is 37.9 Å². The number of benzene rings is 1. The first-order valence-corrected chi connectivity index (χ1v) is 19.5. The van der Waals surface area contributed by atoms with Crippen molar-refractivity contribution in [3.05, 3.63) is 64.7 Å². The van der Waals surface area contributed by atoms with E-state index in [0.717, 1.165) is 35.1 Å². The fourth-order valence-corrected chi connectivity index (χ4v) is 9.21. The fraction of sp³-hybridized carbons (Fsp3) is 0.659. The summed E-state index contributed by atoms with van der Waals surface area (Å²) in [6.07, 6.45) is 11.1. The first-order chi connectivity index (χ1) is 25.1. The van der Waals surface area contributed by atoms with Crippen LogP contribution in [0.2, 0.25) is 0 Å². The normalized spacial score (nSPS) is 38.5. The number of rotatable bonds is 10. The standard InChI is InChI=1S/C41H57BrO10/c1-8-28-10-9-11-36(49-23-26-12-15-29(45-4)16-13-26)24(2)35(43)18-17-31-27(14-19-37(44)51-28)20-34(42)33-22-30(21-32(31)33)52-41-40(48-7)39(47-6)38(46-5)25(3)50-41/h12-20,24-25,27-28,30-33,36,38-41H,8-11,21-23H2,1-7H3/b18-17+,19-14+/t24-,25-,27+,28-,30?,31+,32-,33+,36-,38-,39+,40+,41-/m0/s1. The van der Waals surface area contributed by atoms with E-state index in [1.165, 1.54) is 0 Å². The average molecular weight is 790 g/mol. The molecule has 0 aromatic heterocycles. The number of cyclic esters (lactones) is 1. The van der Waals surface area contributed by atoms with Gasteiger partial charge in [-0.05, 0) is 91.5 Å². The van der Waals surface area contributed by atoms with Gasteiger partial charge in [0, 0.05) is 39.2 Å². The van der Waals surface area contributed by atoms with E-state index in [1.54, 1.807) is 40.6 Å². The lowest BCUT2D eigenvalue weighted by Crippen LogP contribution is -2.59. The molecule has 10 nitrogen and oxygen atoms in total. The van der Waals surface area contributed by atoms with E-state index in [0.29, 0.717) is 25.9 Å². The first kappa shape index (κ1) is 40.8. The Kier molecular flexibility index (Phi) is 15.1. The molecule has 0 bridgehead atoms. The van der Waals surface area contributed by atoms with Gasteiger partial charge in [-0.2, -0.15) is 0 Å². The van der Waals surface area contributed by atoms with E-state index in [1.807, 2.05) is 57.2 Å². The van der Waals surface area contributed by atoms with Crippen LogP contribution in [-0.4, -0.2) is 89.2 Å². The molecule has 5 rings (SSSR count). The molecule has 0 amide bonds. The van der Waals surface area contributed by atoms with E-state index >= 15 is 0 Å². The minimum atomic E-state index is -0.637. The topological polar surface area (TPSA) is 108 Å². The van der Waals surface area contributed by atoms with E-state index < -0.39 is 12.4 Å². The van der Waals surface area contributed by atoms with Crippen molar-refractivity contribution in [2.24, 2.45) is 29.6 Å². The van der Waals surface area contributed by atoms with E-state index in [2.05, 4.69) is 22.0 Å². The minimum Gasteiger partial charge on any atom is -0.497 e. The summed E-state index contributed by atoms with van der Waals surface area (Å²) in [5.41, 5.74) is 1.01. The molecule has 1 saturated heterocycles. The molecule has 52 heavy (non-hydrogen) atoms. The smallest absolute Gasteiger partial charge is 0.330 e. The van der Waals surface area contributed by atoms with Crippen LogP contribution in [0, 0.1) is 29.6 Å². The van der Waals surface area contributed by atoms with Crippen LogP contribution in [0.1, 0.15) is 64.9 Å². The Labute approximate surface area is 317 Å². The lowest BCUT2D eigenvalue weighted by molar-refractivity contribution is -0.314. The zero-order valence-corrected chi connectivity index (χ0v) is 33.2. The van der Waals surface area contributed by atoms with E-state index in [4.69, 9.17) is 37.9 Å². The molecule has 4 aliphatic rings. The molecule has 1 saturated carbocycles. The number of methoxy groups -OCH3 is 4. The molecule has 2 fully saturated rings. The number of carbonyl (C=O) groups is 2. The van der Waals surface area contributed by atoms with Crippen LogP contribution >= 0.6 is 15.9 Å².